The molecule has 2 saturated heterocycles. The van der Waals surface area contributed by atoms with Gasteiger partial charge in [-0.15, -0.1) is 0 Å². The zero-order chi connectivity index (χ0) is 38.9. The number of H-pyrrole nitrogens is 2. The molecule has 328 valence electrons. The van der Waals surface area contributed by atoms with Gasteiger partial charge in [0.2, 0.25) is 11.8 Å². The number of aromatic nitrogens is 4. The normalized spacial score (nSPS) is 20.1. The van der Waals surface area contributed by atoms with Crippen molar-refractivity contribution >= 4 is 96.4 Å². The van der Waals surface area contributed by atoms with Crippen molar-refractivity contribution in [2.45, 2.75) is 84.0 Å². The number of alkyl carbamates (subject to hydrolysis) is 1. The Balaban J connectivity index is 0.00000248. The summed E-state index contributed by atoms with van der Waals surface area (Å²) in [6.07, 6.45) is 8.50. The molecular weight excluding hydrogens is 855 g/mol. The van der Waals surface area contributed by atoms with Gasteiger partial charge in [0, 0.05) is 30.0 Å². The van der Waals surface area contributed by atoms with Gasteiger partial charge in [0.1, 0.15) is 17.7 Å². The molecule has 3 aliphatic heterocycles. The number of likely N-dealkylation sites (tertiary alicyclic amines) is 2. The fourth-order valence-corrected chi connectivity index (χ4v) is 7.86. The number of fused-ring (bicyclic) bond motifs is 1. The molecular formula is C43H61N7O5S5. The largest absolute Gasteiger partial charge is 0.453 e. The first kappa shape index (κ1) is 52.5. The van der Waals surface area contributed by atoms with Crippen molar-refractivity contribution in [3.05, 3.63) is 83.6 Å². The molecule has 2 fully saturated rings. The molecule has 1 spiro atoms. The number of amides is 3. The summed E-state index contributed by atoms with van der Waals surface area (Å²) in [5.74, 6) is 8.12. The molecule has 7 rings (SSSR count). The fourth-order valence-electron chi connectivity index (χ4n) is 7.86. The van der Waals surface area contributed by atoms with Crippen LogP contribution in [0.15, 0.2) is 60.8 Å². The van der Waals surface area contributed by atoms with Crippen LogP contribution in [-0.4, -0.2) is 86.1 Å². The molecule has 0 saturated carbocycles. The number of ether oxygens (including phenoxy) is 2. The second-order valence-electron chi connectivity index (χ2n) is 15.8. The zero-order valence-electron chi connectivity index (χ0n) is 35.0. The molecule has 4 aromatic rings. The van der Waals surface area contributed by atoms with Crippen LogP contribution in [0.2, 0.25) is 0 Å². The minimum absolute atomic E-state index is 0. The Labute approximate surface area is 388 Å². The summed E-state index contributed by atoms with van der Waals surface area (Å²) in [6.45, 7) is 11.7. The summed E-state index contributed by atoms with van der Waals surface area (Å²) < 4.78 is 11.0. The van der Waals surface area contributed by atoms with Gasteiger partial charge in [-0.05, 0) is 67.0 Å². The Hall–Kier alpha value is -3.66. The molecule has 0 radical (unpaired) electrons. The third-order valence-electron chi connectivity index (χ3n) is 11.4. The fraction of sp³-hybridized carbons (Fsp3) is 0.465. The number of carbonyl (C=O) groups excluding carboxylic acids is 3. The van der Waals surface area contributed by atoms with Crippen LogP contribution in [0.1, 0.15) is 95.2 Å². The summed E-state index contributed by atoms with van der Waals surface area (Å²) >= 11 is 0. The van der Waals surface area contributed by atoms with Gasteiger partial charge < -0.3 is 34.6 Å². The highest BCUT2D eigenvalue weighted by Gasteiger charge is 2.49. The molecule has 5 heterocycles. The first-order valence-electron chi connectivity index (χ1n) is 19.4. The number of hydrogen-bond acceptors (Lipinski definition) is 7. The van der Waals surface area contributed by atoms with Gasteiger partial charge in [0.15, 0.2) is 0 Å². The molecule has 17 heteroatoms. The van der Waals surface area contributed by atoms with Crippen LogP contribution in [-0.2, 0) is 19.1 Å². The van der Waals surface area contributed by atoms with Crippen LogP contribution >= 0.6 is 67.5 Å². The van der Waals surface area contributed by atoms with E-state index in [9.17, 15) is 14.4 Å². The SMILES string of the molecule is COC(=O)N[C@H](C(=O)N1CCC[C@H]1c1ncc(-c2ccc(C#Cc3ccc4nc([C@@H]5C[C@@]6(CC=CCO6)CN5C(=O)[C@@H](C)C(C)C)[nH]c4c3)cc2)[nH]1)C(C)C.S.S.S.S.S. The van der Waals surface area contributed by atoms with Crippen molar-refractivity contribution in [1.82, 2.24) is 35.1 Å². The van der Waals surface area contributed by atoms with Crippen LogP contribution in [0, 0.1) is 29.6 Å². The van der Waals surface area contributed by atoms with E-state index >= 15 is 0 Å². The van der Waals surface area contributed by atoms with E-state index in [1.54, 1.807) is 11.1 Å². The van der Waals surface area contributed by atoms with Crippen molar-refractivity contribution < 1.29 is 23.9 Å². The summed E-state index contributed by atoms with van der Waals surface area (Å²) in [6, 6.07) is 12.9. The maximum atomic E-state index is 13.7. The van der Waals surface area contributed by atoms with E-state index in [0.29, 0.717) is 26.1 Å². The summed E-state index contributed by atoms with van der Waals surface area (Å²) in [7, 11) is 1.29. The van der Waals surface area contributed by atoms with Crippen molar-refractivity contribution in [3.63, 3.8) is 0 Å². The number of carbonyl (C=O) groups is 3. The molecule has 3 aliphatic rings. The smallest absolute Gasteiger partial charge is 0.407 e. The molecule has 3 N–H and O–H groups in total. The number of rotatable bonds is 8. The molecule has 0 aliphatic carbocycles. The maximum absolute atomic E-state index is 13.7. The first-order chi connectivity index (χ1) is 26.4. The Kier molecular flexibility index (Phi) is 19.6. The Morgan fingerprint density at radius 2 is 1.57 bits per heavy atom. The van der Waals surface area contributed by atoms with Gasteiger partial charge in [-0.3, -0.25) is 9.59 Å². The van der Waals surface area contributed by atoms with Gasteiger partial charge in [0.25, 0.3) is 0 Å². The van der Waals surface area contributed by atoms with E-state index in [1.807, 2.05) is 74.2 Å². The molecule has 2 aromatic heterocycles. The molecule has 3 amide bonds. The van der Waals surface area contributed by atoms with Gasteiger partial charge in [-0.2, -0.15) is 67.5 Å². The second kappa shape index (κ2) is 22.4. The highest BCUT2D eigenvalue weighted by atomic mass is 32.1. The van der Waals surface area contributed by atoms with Crippen molar-refractivity contribution in [2.75, 3.05) is 26.8 Å². The van der Waals surface area contributed by atoms with E-state index in [4.69, 9.17) is 14.5 Å². The monoisotopic (exact) mass is 915 g/mol. The number of hydrogen-bond donors (Lipinski definition) is 3. The van der Waals surface area contributed by atoms with Gasteiger partial charge in [0.05, 0.1) is 60.9 Å². The number of nitrogens with one attached hydrogen (secondary N) is 3. The second-order valence-corrected chi connectivity index (χ2v) is 15.8. The maximum Gasteiger partial charge on any atom is 0.407 e. The predicted octanol–water partition coefficient (Wildman–Crippen LogP) is 7.24. The lowest BCUT2D eigenvalue weighted by molar-refractivity contribution is -0.138. The van der Waals surface area contributed by atoms with E-state index < -0.39 is 17.7 Å². The molecule has 2 aromatic carbocycles. The Morgan fingerprint density at radius 1 is 0.867 bits per heavy atom. The van der Waals surface area contributed by atoms with Gasteiger partial charge in [-0.1, -0.05) is 70.7 Å². The summed E-state index contributed by atoms with van der Waals surface area (Å²) in [5.41, 5.74) is 4.85. The van der Waals surface area contributed by atoms with E-state index in [1.165, 1.54) is 7.11 Å². The van der Waals surface area contributed by atoms with E-state index in [-0.39, 0.29) is 109 Å². The third-order valence-corrected chi connectivity index (χ3v) is 11.4. The third kappa shape index (κ3) is 11.2. The average molecular weight is 916 g/mol. The summed E-state index contributed by atoms with van der Waals surface area (Å²) in [4.78, 5) is 59.5. The van der Waals surface area contributed by atoms with Crippen LogP contribution in [0.25, 0.3) is 22.3 Å². The van der Waals surface area contributed by atoms with Gasteiger partial charge >= 0.3 is 6.09 Å². The number of nitrogens with zero attached hydrogens (tertiary/aromatic N) is 4. The molecule has 5 atom stereocenters. The number of aromatic amines is 2. The number of imidazole rings is 2. The van der Waals surface area contributed by atoms with Crippen LogP contribution in [0.5, 0.6) is 0 Å². The number of methoxy groups -OCH3 is 1. The van der Waals surface area contributed by atoms with Gasteiger partial charge in [-0.25, -0.2) is 14.8 Å². The quantitative estimate of drug-likeness (QED) is 0.125. The van der Waals surface area contributed by atoms with Crippen molar-refractivity contribution in [1.29, 1.82) is 0 Å². The minimum atomic E-state index is -0.685. The van der Waals surface area contributed by atoms with Crippen molar-refractivity contribution in [3.8, 4) is 23.1 Å². The topological polar surface area (TPSA) is 146 Å². The predicted molar refractivity (Wildman–Crippen MR) is 261 cm³/mol. The Bertz CT molecular complexity index is 2170. The number of benzene rings is 2. The average Bonchev–Trinajstić information content (AvgIpc) is 4.01. The lowest BCUT2D eigenvalue weighted by atomic mass is 9.94. The molecule has 60 heavy (non-hydrogen) atoms. The standard InChI is InChI=1S/C43H51N7O5.5H2S/c1-26(2)28(5)40(51)50-25-43(19-7-8-21-55-43)23-36(50)39-45-32-18-15-30(22-33(32)46-39)12-11-29-13-16-31(17-14-29)34-24-44-38(47-34)35-10-9-20-49(35)41(52)37(27(3)4)48-42(53)54-6;;;;;/h7-8,13-18,22,24,26-28,35-37H,9-10,19-21,23,25H2,1-6H3,(H,44,47)(H,45,46)(H,48,53);5*1H2/t28-,35-,36-,37-,43-;;;;;/m0...../s1. The van der Waals surface area contributed by atoms with Crippen LogP contribution < -0.4 is 5.32 Å². The summed E-state index contributed by atoms with van der Waals surface area (Å²) in [5, 5.41) is 2.70. The van der Waals surface area contributed by atoms with Crippen LogP contribution in [0.3, 0.4) is 0 Å². The molecule has 0 unspecified atom stereocenters. The minimum Gasteiger partial charge on any atom is -0.453 e. The molecule has 12 nitrogen and oxygen atoms in total. The lowest BCUT2D eigenvalue weighted by Gasteiger charge is -2.31. The first-order valence-corrected chi connectivity index (χ1v) is 19.4. The Morgan fingerprint density at radius 3 is 2.22 bits per heavy atom. The highest BCUT2D eigenvalue weighted by molar-refractivity contribution is 7.60. The van der Waals surface area contributed by atoms with Crippen LogP contribution in [0.4, 0.5) is 4.79 Å². The highest BCUT2D eigenvalue weighted by Crippen LogP contribution is 2.44. The van der Waals surface area contributed by atoms with E-state index in [0.717, 1.165) is 64.3 Å². The van der Waals surface area contributed by atoms with E-state index in [2.05, 4.69) is 52.0 Å². The zero-order valence-corrected chi connectivity index (χ0v) is 40.0. The lowest BCUT2D eigenvalue weighted by Crippen LogP contribution is -2.51. The molecule has 0 bridgehead atoms. The van der Waals surface area contributed by atoms with Crippen molar-refractivity contribution in [2.24, 2.45) is 17.8 Å².